The number of rotatable bonds is 2. The molecule has 0 radical (unpaired) electrons. The zero-order valence-corrected chi connectivity index (χ0v) is 12.9. The van der Waals surface area contributed by atoms with Gasteiger partial charge in [0.15, 0.2) is 0 Å². The van der Waals surface area contributed by atoms with Gasteiger partial charge in [0.1, 0.15) is 0 Å². The van der Waals surface area contributed by atoms with E-state index in [1.807, 2.05) is 11.8 Å². The predicted octanol–water partition coefficient (Wildman–Crippen LogP) is 5.05. The molecule has 0 atom stereocenters. The van der Waals surface area contributed by atoms with Crippen LogP contribution in [0.15, 0.2) is 58.3 Å². The Bertz CT molecular complexity index is 425. The van der Waals surface area contributed by atoms with E-state index < -0.39 is 0 Å². The van der Waals surface area contributed by atoms with Crippen molar-refractivity contribution in [1.82, 2.24) is 0 Å². The van der Waals surface area contributed by atoms with Crippen LogP contribution in [0.25, 0.3) is 0 Å². The van der Waals surface area contributed by atoms with E-state index in [1.165, 1.54) is 16.9 Å². The molecule has 0 aliphatic rings. The molecular formula is C12H8I2S. The SMILES string of the molecule is Ic1ccccc1Sc1ccccc1I. The van der Waals surface area contributed by atoms with Crippen molar-refractivity contribution in [3.05, 3.63) is 55.7 Å². The van der Waals surface area contributed by atoms with Crippen molar-refractivity contribution in [2.24, 2.45) is 0 Å². The molecule has 2 aromatic rings. The molecule has 0 nitrogen and oxygen atoms in total. The first-order valence-electron chi connectivity index (χ1n) is 4.44. The summed E-state index contributed by atoms with van der Waals surface area (Å²) in [6, 6.07) is 16.9. The summed E-state index contributed by atoms with van der Waals surface area (Å²) >= 11 is 6.58. The molecular weight excluding hydrogens is 430 g/mol. The van der Waals surface area contributed by atoms with Crippen LogP contribution in [-0.4, -0.2) is 0 Å². The monoisotopic (exact) mass is 438 g/mol. The fraction of sp³-hybridized carbons (Fsp3) is 0. The lowest BCUT2D eigenvalue weighted by molar-refractivity contribution is 1.35. The first-order chi connectivity index (χ1) is 7.27. The maximum Gasteiger partial charge on any atom is 0.0269 e. The van der Waals surface area contributed by atoms with Crippen molar-refractivity contribution in [2.75, 3.05) is 0 Å². The van der Waals surface area contributed by atoms with Crippen LogP contribution in [-0.2, 0) is 0 Å². The van der Waals surface area contributed by atoms with E-state index in [-0.39, 0.29) is 0 Å². The molecule has 0 saturated carbocycles. The molecule has 76 valence electrons. The zero-order valence-electron chi connectivity index (χ0n) is 7.78. The van der Waals surface area contributed by atoms with Crippen LogP contribution in [0.4, 0.5) is 0 Å². The zero-order chi connectivity index (χ0) is 10.7. The van der Waals surface area contributed by atoms with Gasteiger partial charge in [-0.2, -0.15) is 0 Å². The molecule has 0 aliphatic heterocycles. The molecule has 0 N–H and O–H groups in total. The van der Waals surface area contributed by atoms with Crippen LogP contribution >= 0.6 is 56.9 Å². The molecule has 0 amide bonds. The standard InChI is InChI=1S/C12H8I2S/c13-9-5-1-3-7-11(9)15-12-8-4-2-6-10(12)14/h1-8H. The highest BCUT2D eigenvalue weighted by molar-refractivity contribution is 14.1. The fourth-order valence-corrected chi connectivity index (χ4v) is 3.47. The van der Waals surface area contributed by atoms with Crippen LogP contribution in [0.5, 0.6) is 0 Å². The van der Waals surface area contributed by atoms with E-state index in [2.05, 4.69) is 93.7 Å². The minimum atomic E-state index is 1.31. The van der Waals surface area contributed by atoms with E-state index >= 15 is 0 Å². The van der Waals surface area contributed by atoms with E-state index in [9.17, 15) is 0 Å². The van der Waals surface area contributed by atoms with Gasteiger partial charge in [-0.3, -0.25) is 0 Å². The second-order valence-corrected chi connectivity index (χ2v) is 6.37. The smallest absolute Gasteiger partial charge is 0.0269 e. The van der Waals surface area contributed by atoms with Gasteiger partial charge >= 0.3 is 0 Å². The first kappa shape index (κ1) is 11.7. The van der Waals surface area contributed by atoms with Gasteiger partial charge in [-0.05, 0) is 69.4 Å². The van der Waals surface area contributed by atoms with Gasteiger partial charge < -0.3 is 0 Å². The summed E-state index contributed by atoms with van der Waals surface area (Å²) in [5.74, 6) is 0. The number of hydrogen-bond donors (Lipinski definition) is 0. The normalized spacial score (nSPS) is 10.3. The second-order valence-electron chi connectivity index (χ2n) is 2.96. The van der Waals surface area contributed by atoms with Gasteiger partial charge in [0.2, 0.25) is 0 Å². The average Bonchev–Trinajstić information content (AvgIpc) is 2.24. The summed E-state index contributed by atoms with van der Waals surface area (Å²) in [5.41, 5.74) is 0. The predicted molar refractivity (Wildman–Crippen MR) is 82.4 cm³/mol. The minimum Gasteiger partial charge on any atom is -0.0879 e. The van der Waals surface area contributed by atoms with Crippen molar-refractivity contribution in [1.29, 1.82) is 0 Å². The Balaban J connectivity index is 2.30. The van der Waals surface area contributed by atoms with Crippen LogP contribution in [0.2, 0.25) is 0 Å². The molecule has 2 aromatic carbocycles. The highest BCUT2D eigenvalue weighted by Crippen LogP contribution is 2.33. The maximum absolute atomic E-state index is 2.38. The molecule has 0 bridgehead atoms. The highest BCUT2D eigenvalue weighted by atomic mass is 127. The Morgan fingerprint density at radius 3 is 1.47 bits per heavy atom. The molecule has 15 heavy (non-hydrogen) atoms. The number of benzene rings is 2. The Morgan fingerprint density at radius 1 is 0.667 bits per heavy atom. The molecule has 0 heterocycles. The minimum absolute atomic E-state index is 1.31. The lowest BCUT2D eigenvalue weighted by Gasteiger charge is -2.05. The van der Waals surface area contributed by atoms with Crippen LogP contribution in [0.3, 0.4) is 0 Å². The largest absolute Gasteiger partial charge is 0.0879 e. The van der Waals surface area contributed by atoms with Gasteiger partial charge in [0.05, 0.1) is 0 Å². The van der Waals surface area contributed by atoms with E-state index in [0.717, 1.165) is 0 Å². The van der Waals surface area contributed by atoms with Crippen molar-refractivity contribution < 1.29 is 0 Å². The summed E-state index contributed by atoms with van der Waals surface area (Å²) in [5, 5.41) is 0. The lowest BCUT2D eigenvalue weighted by Crippen LogP contribution is -1.80. The Kier molecular flexibility index (Phi) is 4.33. The topological polar surface area (TPSA) is 0 Å². The molecule has 3 heteroatoms. The summed E-state index contributed by atoms with van der Waals surface area (Å²) in [7, 11) is 0. The summed E-state index contributed by atoms with van der Waals surface area (Å²) in [4.78, 5) is 2.64. The average molecular weight is 438 g/mol. The van der Waals surface area contributed by atoms with Gasteiger partial charge in [0.25, 0.3) is 0 Å². The molecule has 0 spiro atoms. The molecule has 0 fully saturated rings. The van der Waals surface area contributed by atoms with Crippen LogP contribution in [0.1, 0.15) is 0 Å². The first-order valence-corrected chi connectivity index (χ1v) is 7.41. The second kappa shape index (κ2) is 5.54. The Morgan fingerprint density at radius 2 is 1.07 bits per heavy atom. The van der Waals surface area contributed by atoms with Crippen molar-refractivity contribution >= 4 is 56.9 Å². The third-order valence-electron chi connectivity index (χ3n) is 1.89. The molecule has 2 rings (SSSR count). The third-order valence-corrected chi connectivity index (χ3v) is 5.66. The van der Waals surface area contributed by atoms with Crippen LogP contribution < -0.4 is 0 Å². The molecule has 0 saturated heterocycles. The lowest BCUT2D eigenvalue weighted by atomic mass is 10.4. The van der Waals surface area contributed by atoms with E-state index in [0.29, 0.717) is 0 Å². The Hall–Kier alpha value is 0.250. The summed E-state index contributed by atoms with van der Waals surface area (Å²) in [6.07, 6.45) is 0. The van der Waals surface area contributed by atoms with Crippen molar-refractivity contribution in [3.63, 3.8) is 0 Å². The van der Waals surface area contributed by atoms with Crippen molar-refractivity contribution in [2.45, 2.75) is 9.79 Å². The van der Waals surface area contributed by atoms with Crippen LogP contribution in [0, 0.1) is 7.14 Å². The molecule has 0 aliphatic carbocycles. The van der Waals surface area contributed by atoms with Gasteiger partial charge in [-0.25, -0.2) is 0 Å². The van der Waals surface area contributed by atoms with Gasteiger partial charge in [-0.15, -0.1) is 0 Å². The summed E-state index contributed by atoms with van der Waals surface area (Å²) < 4.78 is 2.61. The highest BCUT2D eigenvalue weighted by Gasteiger charge is 2.03. The Labute approximate surface area is 121 Å². The summed E-state index contributed by atoms with van der Waals surface area (Å²) in [6.45, 7) is 0. The third kappa shape index (κ3) is 3.10. The van der Waals surface area contributed by atoms with Gasteiger partial charge in [0, 0.05) is 16.9 Å². The number of halogens is 2. The van der Waals surface area contributed by atoms with E-state index in [1.54, 1.807) is 0 Å². The molecule has 0 unspecified atom stereocenters. The quantitative estimate of drug-likeness (QED) is 0.592. The number of hydrogen-bond acceptors (Lipinski definition) is 1. The fourth-order valence-electron chi connectivity index (χ4n) is 1.17. The van der Waals surface area contributed by atoms with Gasteiger partial charge in [-0.1, -0.05) is 36.0 Å². The maximum atomic E-state index is 2.38. The van der Waals surface area contributed by atoms with Crippen molar-refractivity contribution in [3.8, 4) is 0 Å². The van der Waals surface area contributed by atoms with E-state index in [4.69, 9.17) is 0 Å². The molecule has 0 aromatic heterocycles.